The van der Waals surface area contributed by atoms with Crippen LogP contribution < -0.4 is 19.5 Å². The molecule has 3 aromatic rings. The Bertz CT molecular complexity index is 1000. The number of benzene rings is 3. The number of carbonyl (C=O) groups is 1. The van der Waals surface area contributed by atoms with Gasteiger partial charge in [0.1, 0.15) is 12.4 Å². The molecule has 5 nitrogen and oxygen atoms in total. The van der Waals surface area contributed by atoms with Crippen LogP contribution in [-0.2, 0) is 13.0 Å². The summed E-state index contributed by atoms with van der Waals surface area (Å²) >= 11 is 0. The van der Waals surface area contributed by atoms with Gasteiger partial charge in [-0.25, -0.2) is 0 Å². The topological polar surface area (TPSA) is 56.8 Å². The Morgan fingerprint density at radius 3 is 2.34 bits per heavy atom. The van der Waals surface area contributed by atoms with Crippen molar-refractivity contribution in [3.05, 3.63) is 89.5 Å². The Morgan fingerprint density at radius 1 is 0.906 bits per heavy atom. The highest BCUT2D eigenvalue weighted by Crippen LogP contribution is 2.28. The van der Waals surface area contributed by atoms with E-state index in [-0.39, 0.29) is 18.6 Å². The van der Waals surface area contributed by atoms with Crippen LogP contribution in [0.25, 0.3) is 0 Å². The number of amides is 1. The molecule has 0 radical (unpaired) electrons. The van der Waals surface area contributed by atoms with Crippen LogP contribution in [-0.4, -0.2) is 25.7 Å². The normalized spacial score (nSPS) is 11.5. The van der Waals surface area contributed by atoms with Crippen LogP contribution in [0, 0.1) is 0 Å². The number of ether oxygens (including phenoxy) is 3. The van der Waals surface area contributed by atoms with Crippen molar-refractivity contribution in [1.29, 1.82) is 0 Å². The summed E-state index contributed by atoms with van der Waals surface area (Å²) in [6.07, 6.45) is 1.79. The molecule has 1 amide bonds. The first-order chi connectivity index (χ1) is 15.6. The standard InChI is InChI=1S/C27H31NO4/c1-4-31-24-17-16-22(18-23(24)19-32-26-13-9-8-12-25(26)30-3)27(29)28-20(2)14-15-21-10-6-5-7-11-21/h5-13,16-18,20H,4,14-15,19H2,1-3H3,(H,28,29)/t20-/m1/s1. The van der Waals surface area contributed by atoms with Crippen molar-refractivity contribution in [2.24, 2.45) is 0 Å². The van der Waals surface area contributed by atoms with E-state index in [2.05, 4.69) is 17.4 Å². The third kappa shape index (κ3) is 6.51. The second-order valence-electron chi connectivity index (χ2n) is 7.59. The molecule has 0 saturated heterocycles. The summed E-state index contributed by atoms with van der Waals surface area (Å²) < 4.78 is 17.1. The van der Waals surface area contributed by atoms with E-state index in [1.807, 2.05) is 68.4 Å². The summed E-state index contributed by atoms with van der Waals surface area (Å²) in [6.45, 7) is 4.76. The molecule has 0 bridgehead atoms. The van der Waals surface area contributed by atoms with Gasteiger partial charge in [0.15, 0.2) is 11.5 Å². The van der Waals surface area contributed by atoms with E-state index in [0.717, 1.165) is 18.4 Å². The maximum absolute atomic E-state index is 12.8. The Labute approximate surface area is 190 Å². The van der Waals surface area contributed by atoms with Crippen molar-refractivity contribution < 1.29 is 19.0 Å². The lowest BCUT2D eigenvalue weighted by Crippen LogP contribution is -2.33. The summed E-state index contributed by atoms with van der Waals surface area (Å²) in [5.41, 5.74) is 2.66. The van der Waals surface area contributed by atoms with Gasteiger partial charge in [0.2, 0.25) is 0 Å². The highest BCUT2D eigenvalue weighted by molar-refractivity contribution is 5.94. The van der Waals surface area contributed by atoms with Gasteiger partial charge in [-0.05, 0) is 62.6 Å². The Hall–Kier alpha value is -3.47. The van der Waals surface area contributed by atoms with E-state index in [4.69, 9.17) is 14.2 Å². The molecular weight excluding hydrogens is 402 g/mol. The smallest absolute Gasteiger partial charge is 0.251 e. The number of carbonyl (C=O) groups excluding carboxylic acids is 1. The van der Waals surface area contributed by atoms with Gasteiger partial charge in [0.25, 0.3) is 5.91 Å². The third-order valence-corrected chi connectivity index (χ3v) is 5.16. The van der Waals surface area contributed by atoms with Crippen LogP contribution in [0.2, 0.25) is 0 Å². The Kier molecular flexibility index (Phi) is 8.55. The lowest BCUT2D eigenvalue weighted by atomic mass is 10.1. The van der Waals surface area contributed by atoms with Gasteiger partial charge >= 0.3 is 0 Å². The van der Waals surface area contributed by atoms with Crippen LogP contribution in [0.4, 0.5) is 0 Å². The molecule has 3 aromatic carbocycles. The summed E-state index contributed by atoms with van der Waals surface area (Å²) in [4.78, 5) is 12.8. The van der Waals surface area contributed by atoms with Gasteiger partial charge in [-0.3, -0.25) is 4.79 Å². The fourth-order valence-corrected chi connectivity index (χ4v) is 3.43. The molecule has 1 N–H and O–H groups in total. The summed E-state index contributed by atoms with van der Waals surface area (Å²) in [7, 11) is 1.61. The van der Waals surface area contributed by atoms with Crippen LogP contribution in [0.1, 0.15) is 41.8 Å². The first kappa shape index (κ1) is 23.2. The van der Waals surface area contributed by atoms with Crippen LogP contribution in [0.5, 0.6) is 17.2 Å². The molecule has 5 heteroatoms. The average molecular weight is 434 g/mol. The fourth-order valence-electron chi connectivity index (χ4n) is 3.43. The van der Waals surface area contributed by atoms with Gasteiger partial charge < -0.3 is 19.5 Å². The largest absolute Gasteiger partial charge is 0.493 e. The SMILES string of the molecule is CCOc1ccc(C(=O)N[C@H](C)CCc2ccccc2)cc1COc1ccccc1OC. The Balaban J connectivity index is 1.66. The number of hydrogen-bond acceptors (Lipinski definition) is 4. The zero-order chi connectivity index (χ0) is 22.8. The number of hydrogen-bond donors (Lipinski definition) is 1. The highest BCUT2D eigenvalue weighted by Gasteiger charge is 2.14. The first-order valence-electron chi connectivity index (χ1n) is 11.0. The predicted molar refractivity (Wildman–Crippen MR) is 127 cm³/mol. The molecule has 0 aliphatic heterocycles. The van der Waals surface area contributed by atoms with E-state index in [1.54, 1.807) is 13.2 Å². The number of para-hydroxylation sites is 2. The second-order valence-corrected chi connectivity index (χ2v) is 7.59. The zero-order valence-corrected chi connectivity index (χ0v) is 19.0. The molecule has 0 aliphatic carbocycles. The van der Waals surface area contributed by atoms with Crippen LogP contribution in [0.15, 0.2) is 72.8 Å². The lowest BCUT2D eigenvalue weighted by molar-refractivity contribution is 0.0938. The maximum Gasteiger partial charge on any atom is 0.251 e. The van der Waals surface area contributed by atoms with Crippen molar-refractivity contribution in [2.45, 2.75) is 39.3 Å². The van der Waals surface area contributed by atoms with E-state index in [1.165, 1.54) is 5.56 Å². The molecule has 3 rings (SSSR count). The third-order valence-electron chi connectivity index (χ3n) is 5.16. The Morgan fingerprint density at radius 2 is 1.62 bits per heavy atom. The molecule has 1 atom stereocenters. The fraction of sp³-hybridized carbons (Fsp3) is 0.296. The first-order valence-corrected chi connectivity index (χ1v) is 11.0. The quantitative estimate of drug-likeness (QED) is 0.438. The monoisotopic (exact) mass is 433 g/mol. The molecular formula is C27H31NO4. The van der Waals surface area contributed by atoms with E-state index in [9.17, 15) is 4.79 Å². The highest BCUT2D eigenvalue weighted by atomic mass is 16.5. The summed E-state index contributed by atoms with van der Waals surface area (Å²) in [5.74, 6) is 1.90. The molecule has 0 aliphatic rings. The molecule has 0 spiro atoms. The molecule has 168 valence electrons. The number of aryl methyl sites for hydroxylation is 1. The van der Waals surface area contributed by atoms with Crippen LogP contribution in [0.3, 0.4) is 0 Å². The van der Waals surface area contributed by atoms with Crippen molar-refractivity contribution >= 4 is 5.91 Å². The van der Waals surface area contributed by atoms with Gasteiger partial charge in [0, 0.05) is 17.2 Å². The average Bonchev–Trinajstić information content (AvgIpc) is 2.83. The van der Waals surface area contributed by atoms with E-state index >= 15 is 0 Å². The number of methoxy groups -OCH3 is 1. The van der Waals surface area contributed by atoms with Crippen LogP contribution >= 0.6 is 0 Å². The zero-order valence-electron chi connectivity index (χ0n) is 19.0. The van der Waals surface area contributed by atoms with Gasteiger partial charge in [-0.1, -0.05) is 42.5 Å². The van der Waals surface area contributed by atoms with Crippen molar-refractivity contribution in [3.63, 3.8) is 0 Å². The second kappa shape index (κ2) is 11.8. The molecule has 0 aromatic heterocycles. The predicted octanol–water partition coefficient (Wildman–Crippen LogP) is 5.42. The molecule has 0 unspecified atom stereocenters. The van der Waals surface area contributed by atoms with Gasteiger partial charge in [0.05, 0.1) is 13.7 Å². The number of rotatable bonds is 11. The molecule has 0 fully saturated rings. The van der Waals surface area contributed by atoms with Crippen molar-refractivity contribution in [1.82, 2.24) is 5.32 Å². The minimum atomic E-state index is -0.104. The molecule has 32 heavy (non-hydrogen) atoms. The van der Waals surface area contributed by atoms with Crippen molar-refractivity contribution in [3.8, 4) is 17.2 Å². The summed E-state index contributed by atoms with van der Waals surface area (Å²) in [5, 5.41) is 3.10. The minimum absolute atomic E-state index is 0.0579. The van der Waals surface area contributed by atoms with Gasteiger partial charge in [-0.15, -0.1) is 0 Å². The van der Waals surface area contributed by atoms with Gasteiger partial charge in [-0.2, -0.15) is 0 Å². The molecule has 0 saturated carbocycles. The minimum Gasteiger partial charge on any atom is -0.493 e. The maximum atomic E-state index is 12.8. The molecule has 0 heterocycles. The summed E-state index contributed by atoms with van der Waals surface area (Å²) in [6, 6.07) is 23.3. The lowest BCUT2D eigenvalue weighted by Gasteiger charge is -2.16. The number of nitrogens with one attached hydrogen (secondary N) is 1. The van der Waals surface area contributed by atoms with E-state index in [0.29, 0.717) is 29.4 Å². The van der Waals surface area contributed by atoms with Crippen molar-refractivity contribution in [2.75, 3.05) is 13.7 Å². The van der Waals surface area contributed by atoms with E-state index < -0.39 is 0 Å².